The Hall–Kier alpha value is -3.17. The van der Waals surface area contributed by atoms with Gasteiger partial charge in [0.05, 0.1) is 10.6 Å². The summed E-state index contributed by atoms with van der Waals surface area (Å²) < 4.78 is 32.4. The topological polar surface area (TPSA) is 118 Å². The lowest BCUT2D eigenvalue weighted by atomic mass is 9.97. The lowest BCUT2D eigenvalue weighted by molar-refractivity contribution is -0.124. The molecule has 31 heavy (non-hydrogen) atoms. The number of sulfonamides is 1. The zero-order valence-corrected chi connectivity index (χ0v) is 17.9. The van der Waals surface area contributed by atoms with Crippen molar-refractivity contribution in [2.75, 3.05) is 13.1 Å². The molecule has 0 atom stereocenters. The minimum Gasteiger partial charge on any atom is -0.461 e. The predicted octanol–water partition coefficient (Wildman–Crippen LogP) is 2.90. The van der Waals surface area contributed by atoms with E-state index in [9.17, 15) is 13.2 Å². The number of hydrogen-bond donors (Lipinski definition) is 2. The van der Waals surface area contributed by atoms with Crippen LogP contribution in [0.5, 0.6) is 0 Å². The van der Waals surface area contributed by atoms with Gasteiger partial charge in [0.1, 0.15) is 11.3 Å². The third-order valence-corrected chi connectivity index (χ3v) is 7.24. The number of fused-ring (bicyclic) bond motifs is 1. The number of nitrogens with one attached hydrogen (secondary N) is 1. The molecule has 1 amide bonds. The number of amides is 1. The monoisotopic (exact) mass is 440 g/mol. The lowest BCUT2D eigenvalue weighted by Crippen LogP contribution is -2.45. The summed E-state index contributed by atoms with van der Waals surface area (Å²) in [6.45, 7) is 2.43. The molecule has 0 aliphatic carbocycles. The quantitative estimate of drug-likeness (QED) is 0.478. The van der Waals surface area contributed by atoms with Gasteiger partial charge < -0.3 is 10.2 Å². The Kier molecular flexibility index (Phi) is 5.79. The normalized spacial score (nSPS) is 16.5. The van der Waals surface area contributed by atoms with Crippen molar-refractivity contribution in [3.05, 3.63) is 60.4 Å². The summed E-state index contributed by atoms with van der Waals surface area (Å²) in [6, 6.07) is 15.6. The van der Waals surface area contributed by atoms with E-state index in [1.807, 2.05) is 19.1 Å². The second kappa shape index (κ2) is 8.52. The smallest absolute Gasteiger partial charge is 0.243 e. The summed E-state index contributed by atoms with van der Waals surface area (Å²) in [5.74, 6) is 0.232. The van der Waals surface area contributed by atoms with Crippen molar-refractivity contribution in [3.8, 4) is 0 Å². The van der Waals surface area contributed by atoms with E-state index in [-0.39, 0.29) is 35.8 Å². The molecule has 0 spiro atoms. The molecule has 3 aromatic rings. The van der Waals surface area contributed by atoms with E-state index in [0.29, 0.717) is 18.5 Å². The molecule has 8 nitrogen and oxygen atoms in total. The average Bonchev–Trinajstić information content (AvgIpc) is 3.13. The molecule has 2 heterocycles. The number of hydrogen-bond acceptors (Lipinski definition) is 5. The van der Waals surface area contributed by atoms with Crippen LogP contribution in [0.25, 0.3) is 11.0 Å². The first-order chi connectivity index (χ1) is 14.8. The molecule has 1 fully saturated rings. The van der Waals surface area contributed by atoms with Crippen molar-refractivity contribution < 1.29 is 17.6 Å². The number of piperidine rings is 1. The number of nitrogens with two attached hydrogens (primary N) is 1. The van der Waals surface area contributed by atoms with Crippen molar-refractivity contribution in [2.45, 2.75) is 24.7 Å². The third kappa shape index (κ3) is 4.62. The summed E-state index contributed by atoms with van der Waals surface area (Å²) in [5.41, 5.74) is 7.29. The van der Waals surface area contributed by atoms with Crippen LogP contribution in [0.4, 0.5) is 5.69 Å². The number of furan rings is 1. The molecule has 4 rings (SSSR count). The number of rotatable bonds is 4. The first-order valence-electron chi connectivity index (χ1n) is 10.0. The molecule has 1 aliphatic heterocycles. The standard InChI is InChI=1S/C22H24N4O4S/c1-15-13-17-14-18(7-8-20(17)30-15)24-22(23)25-21(27)16-9-11-26(12-10-16)31(28,29)19-5-3-2-4-6-19/h2-8,13-14,16H,9-12H2,1H3,(H3,23,24,25,27). The van der Waals surface area contributed by atoms with E-state index in [2.05, 4.69) is 10.3 Å². The van der Waals surface area contributed by atoms with Gasteiger partial charge >= 0.3 is 0 Å². The number of benzene rings is 2. The highest BCUT2D eigenvalue weighted by Crippen LogP contribution is 2.25. The molecule has 3 N–H and O–H groups in total. The molecule has 0 unspecified atom stereocenters. The van der Waals surface area contributed by atoms with Gasteiger partial charge in [0.15, 0.2) is 0 Å². The minimum absolute atomic E-state index is 0.00361. The van der Waals surface area contributed by atoms with Crippen LogP contribution in [0.3, 0.4) is 0 Å². The SMILES string of the molecule is Cc1cc2cc(N=C(N)NC(=O)C3CCN(S(=O)(=O)c4ccccc4)CC3)ccc2o1. The number of carbonyl (C=O) groups is 1. The maximum absolute atomic E-state index is 12.7. The van der Waals surface area contributed by atoms with E-state index in [4.69, 9.17) is 10.2 Å². The summed E-state index contributed by atoms with van der Waals surface area (Å²) in [4.78, 5) is 17.1. The molecule has 0 bridgehead atoms. The maximum Gasteiger partial charge on any atom is 0.243 e. The van der Waals surface area contributed by atoms with Gasteiger partial charge in [0.25, 0.3) is 0 Å². The number of nitrogens with zero attached hydrogens (tertiary/aromatic N) is 2. The molecule has 1 saturated heterocycles. The first kappa shape index (κ1) is 21.1. The molecule has 9 heteroatoms. The van der Waals surface area contributed by atoms with Gasteiger partial charge in [0.2, 0.25) is 21.9 Å². The molecule has 0 radical (unpaired) electrons. The second-order valence-corrected chi connectivity index (χ2v) is 9.49. The molecule has 1 aliphatic rings. The Morgan fingerprint density at radius 2 is 1.84 bits per heavy atom. The van der Waals surface area contributed by atoms with Crippen LogP contribution in [-0.2, 0) is 14.8 Å². The van der Waals surface area contributed by atoms with Gasteiger partial charge in [-0.05, 0) is 56.2 Å². The van der Waals surface area contributed by atoms with Crippen LogP contribution in [0, 0.1) is 12.8 Å². The van der Waals surface area contributed by atoms with E-state index < -0.39 is 10.0 Å². The number of carbonyl (C=O) groups excluding carboxylic acids is 1. The second-order valence-electron chi connectivity index (χ2n) is 7.56. The number of aryl methyl sites for hydroxylation is 1. The average molecular weight is 441 g/mol. The largest absolute Gasteiger partial charge is 0.461 e. The highest BCUT2D eigenvalue weighted by atomic mass is 32.2. The zero-order valence-electron chi connectivity index (χ0n) is 17.1. The van der Waals surface area contributed by atoms with Crippen LogP contribution >= 0.6 is 0 Å². The number of aliphatic imine (C=N–C) groups is 1. The molecular formula is C22H24N4O4S. The zero-order chi connectivity index (χ0) is 22.0. The van der Waals surface area contributed by atoms with Gasteiger partial charge in [-0.1, -0.05) is 18.2 Å². The summed E-state index contributed by atoms with van der Waals surface area (Å²) in [5, 5.41) is 3.54. The Labute approximate surface area is 180 Å². The van der Waals surface area contributed by atoms with E-state index in [0.717, 1.165) is 16.7 Å². The van der Waals surface area contributed by atoms with Gasteiger partial charge in [-0.2, -0.15) is 4.31 Å². The Balaban J connectivity index is 1.36. The van der Waals surface area contributed by atoms with Crippen LogP contribution in [0.15, 0.2) is 68.9 Å². The van der Waals surface area contributed by atoms with Crippen LogP contribution < -0.4 is 11.1 Å². The van der Waals surface area contributed by atoms with Crippen LogP contribution in [0.1, 0.15) is 18.6 Å². The fourth-order valence-corrected chi connectivity index (χ4v) is 5.22. The van der Waals surface area contributed by atoms with Gasteiger partial charge in [-0.25, -0.2) is 13.4 Å². The van der Waals surface area contributed by atoms with Crippen molar-refractivity contribution in [2.24, 2.45) is 16.6 Å². The summed E-state index contributed by atoms with van der Waals surface area (Å²) >= 11 is 0. The van der Waals surface area contributed by atoms with Gasteiger partial charge in [-0.15, -0.1) is 0 Å². The fourth-order valence-electron chi connectivity index (χ4n) is 3.73. The van der Waals surface area contributed by atoms with Crippen LogP contribution in [0.2, 0.25) is 0 Å². The molecule has 1 aromatic heterocycles. The molecular weight excluding hydrogens is 416 g/mol. The molecule has 2 aromatic carbocycles. The Morgan fingerprint density at radius 1 is 1.13 bits per heavy atom. The number of guanidine groups is 1. The Bertz CT molecular complexity index is 1230. The molecule has 0 saturated carbocycles. The van der Waals surface area contributed by atoms with E-state index >= 15 is 0 Å². The van der Waals surface area contributed by atoms with Gasteiger partial charge in [0, 0.05) is 24.4 Å². The lowest BCUT2D eigenvalue weighted by Gasteiger charge is -2.30. The highest BCUT2D eigenvalue weighted by molar-refractivity contribution is 7.89. The summed E-state index contributed by atoms with van der Waals surface area (Å²) in [6.07, 6.45) is 0.844. The fraction of sp³-hybridized carbons (Fsp3) is 0.273. The minimum atomic E-state index is -3.55. The molecule has 162 valence electrons. The van der Waals surface area contributed by atoms with Gasteiger partial charge in [-0.3, -0.25) is 10.1 Å². The highest BCUT2D eigenvalue weighted by Gasteiger charge is 2.32. The first-order valence-corrected chi connectivity index (χ1v) is 11.5. The van der Waals surface area contributed by atoms with Crippen LogP contribution in [-0.4, -0.2) is 37.7 Å². The summed E-state index contributed by atoms with van der Waals surface area (Å²) in [7, 11) is -3.55. The van der Waals surface area contributed by atoms with Crippen molar-refractivity contribution >= 4 is 38.5 Å². The predicted molar refractivity (Wildman–Crippen MR) is 118 cm³/mol. The third-order valence-electron chi connectivity index (χ3n) is 5.33. The maximum atomic E-state index is 12.7. The van der Waals surface area contributed by atoms with E-state index in [1.165, 1.54) is 4.31 Å². The van der Waals surface area contributed by atoms with Crippen molar-refractivity contribution in [1.82, 2.24) is 9.62 Å². The van der Waals surface area contributed by atoms with E-state index in [1.54, 1.807) is 42.5 Å². The van der Waals surface area contributed by atoms with Crippen molar-refractivity contribution in [3.63, 3.8) is 0 Å². The Morgan fingerprint density at radius 3 is 2.55 bits per heavy atom. The van der Waals surface area contributed by atoms with Crippen molar-refractivity contribution in [1.29, 1.82) is 0 Å².